The molecule has 0 aliphatic heterocycles. The number of rotatable bonds is 21. The van der Waals surface area contributed by atoms with Crippen LogP contribution in [0.15, 0.2) is 0 Å². The summed E-state index contributed by atoms with van der Waals surface area (Å²) in [5.41, 5.74) is 0. The lowest BCUT2D eigenvalue weighted by molar-refractivity contribution is -0.144. The minimum Gasteiger partial charge on any atom is -0.466 e. The highest BCUT2D eigenvalue weighted by Gasteiger charge is 2.10. The van der Waals surface area contributed by atoms with Gasteiger partial charge in [0.25, 0.3) is 0 Å². The fraction of sp³-hybridized carbons (Fsp3) is 0.920. The summed E-state index contributed by atoms with van der Waals surface area (Å²) in [7, 11) is 0. The van der Waals surface area contributed by atoms with E-state index in [9.17, 15) is 9.59 Å². The van der Waals surface area contributed by atoms with Crippen molar-refractivity contribution < 1.29 is 19.1 Å². The summed E-state index contributed by atoms with van der Waals surface area (Å²) in [6, 6.07) is 0. The van der Waals surface area contributed by atoms with Gasteiger partial charge in [-0.3, -0.25) is 9.59 Å². The Bertz CT molecular complexity index is 381. The van der Waals surface area contributed by atoms with Gasteiger partial charge in [-0.2, -0.15) is 0 Å². The fourth-order valence-corrected chi connectivity index (χ4v) is 3.57. The molecule has 0 spiro atoms. The first kappa shape index (κ1) is 27.9. The third-order valence-electron chi connectivity index (χ3n) is 5.51. The van der Waals surface area contributed by atoms with Gasteiger partial charge in [-0.25, -0.2) is 0 Å². The Kier molecular flexibility index (Phi) is 20.9. The predicted octanol–water partition coefficient (Wildman–Crippen LogP) is 7.38. The molecule has 1 unspecified atom stereocenters. The van der Waals surface area contributed by atoms with Crippen LogP contribution in [-0.2, 0) is 19.1 Å². The van der Waals surface area contributed by atoms with E-state index in [-0.39, 0.29) is 11.9 Å². The monoisotopic (exact) mass is 412 g/mol. The number of esters is 2. The lowest BCUT2D eigenvalue weighted by atomic mass is 9.93. The lowest BCUT2D eigenvalue weighted by Crippen LogP contribution is -2.08. The summed E-state index contributed by atoms with van der Waals surface area (Å²) in [5.74, 6) is 0.610. The molecule has 0 amide bonds. The minimum absolute atomic E-state index is 0.0262. The molecular formula is C25H48O4. The second-order valence-electron chi connectivity index (χ2n) is 8.33. The third kappa shape index (κ3) is 20.0. The first-order chi connectivity index (χ1) is 14.1. The Balaban J connectivity index is 3.38. The van der Waals surface area contributed by atoms with Crippen LogP contribution < -0.4 is 0 Å². The molecule has 0 saturated heterocycles. The standard InChI is InChI=1S/C25H48O4/c1-4-21-28-24(26)18-16-14-12-10-8-7-9-11-13-15-17-23(6-3)19-20-25(27)29-22-5-2/h23H,4-22H2,1-3H3. The van der Waals surface area contributed by atoms with E-state index in [4.69, 9.17) is 9.47 Å². The quantitative estimate of drug-likeness (QED) is 0.146. The summed E-state index contributed by atoms with van der Waals surface area (Å²) in [6.07, 6.45) is 18.9. The Hall–Kier alpha value is -1.06. The molecule has 0 radical (unpaired) electrons. The molecule has 0 aromatic heterocycles. The number of hydrogen-bond acceptors (Lipinski definition) is 4. The van der Waals surface area contributed by atoms with Gasteiger partial charge in [0.05, 0.1) is 13.2 Å². The van der Waals surface area contributed by atoms with E-state index < -0.39 is 0 Å². The highest BCUT2D eigenvalue weighted by atomic mass is 16.5. The topological polar surface area (TPSA) is 52.6 Å². The molecule has 0 aromatic rings. The van der Waals surface area contributed by atoms with Crippen LogP contribution in [0, 0.1) is 5.92 Å². The van der Waals surface area contributed by atoms with E-state index in [1.54, 1.807) is 0 Å². The van der Waals surface area contributed by atoms with Crippen LogP contribution in [0.2, 0.25) is 0 Å². The van der Waals surface area contributed by atoms with Crippen LogP contribution >= 0.6 is 0 Å². The number of carbonyl (C=O) groups excluding carboxylic acids is 2. The molecule has 4 heteroatoms. The van der Waals surface area contributed by atoms with Crippen molar-refractivity contribution in [1.29, 1.82) is 0 Å². The molecule has 0 aromatic carbocycles. The van der Waals surface area contributed by atoms with Crippen LogP contribution in [0.5, 0.6) is 0 Å². The van der Waals surface area contributed by atoms with Gasteiger partial charge in [-0.15, -0.1) is 0 Å². The minimum atomic E-state index is -0.0337. The maximum absolute atomic E-state index is 11.6. The van der Waals surface area contributed by atoms with Gasteiger partial charge in [0.15, 0.2) is 0 Å². The summed E-state index contributed by atoms with van der Waals surface area (Å²) in [5, 5.41) is 0. The Morgan fingerprint density at radius 2 is 1.03 bits per heavy atom. The smallest absolute Gasteiger partial charge is 0.305 e. The molecule has 0 saturated carbocycles. The zero-order chi connectivity index (χ0) is 21.6. The molecule has 0 aliphatic carbocycles. The van der Waals surface area contributed by atoms with E-state index in [1.807, 2.05) is 13.8 Å². The number of ether oxygens (including phenoxy) is 2. The molecule has 172 valence electrons. The zero-order valence-electron chi connectivity index (χ0n) is 19.6. The molecule has 29 heavy (non-hydrogen) atoms. The van der Waals surface area contributed by atoms with Crippen molar-refractivity contribution in [1.82, 2.24) is 0 Å². The molecule has 0 fully saturated rings. The van der Waals surface area contributed by atoms with Crippen molar-refractivity contribution in [2.75, 3.05) is 13.2 Å². The highest BCUT2D eigenvalue weighted by Crippen LogP contribution is 2.20. The van der Waals surface area contributed by atoms with Crippen LogP contribution in [0.3, 0.4) is 0 Å². The van der Waals surface area contributed by atoms with Crippen molar-refractivity contribution in [3.8, 4) is 0 Å². The summed E-state index contributed by atoms with van der Waals surface area (Å²) >= 11 is 0. The average molecular weight is 413 g/mol. The number of unbranched alkanes of at least 4 members (excludes halogenated alkanes) is 9. The van der Waals surface area contributed by atoms with Crippen molar-refractivity contribution in [3.63, 3.8) is 0 Å². The second-order valence-corrected chi connectivity index (χ2v) is 8.33. The normalized spacial score (nSPS) is 12.0. The molecule has 0 heterocycles. The van der Waals surface area contributed by atoms with Crippen LogP contribution in [0.1, 0.15) is 130 Å². The maximum Gasteiger partial charge on any atom is 0.305 e. The first-order valence-electron chi connectivity index (χ1n) is 12.4. The molecular weight excluding hydrogens is 364 g/mol. The summed E-state index contributed by atoms with van der Waals surface area (Å²) < 4.78 is 10.2. The maximum atomic E-state index is 11.6. The van der Waals surface area contributed by atoms with Crippen molar-refractivity contribution in [2.45, 2.75) is 130 Å². The van der Waals surface area contributed by atoms with Crippen LogP contribution in [0.4, 0.5) is 0 Å². The van der Waals surface area contributed by atoms with Crippen LogP contribution in [-0.4, -0.2) is 25.2 Å². The number of hydrogen-bond donors (Lipinski definition) is 0. The van der Waals surface area contributed by atoms with E-state index in [2.05, 4.69) is 6.92 Å². The van der Waals surface area contributed by atoms with E-state index in [1.165, 1.54) is 57.8 Å². The average Bonchev–Trinajstić information content (AvgIpc) is 2.73. The summed E-state index contributed by atoms with van der Waals surface area (Å²) in [4.78, 5) is 23.0. The first-order valence-corrected chi connectivity index (χ1v) is 12.4. The Morgan fingerprint density at radius 3 is 1.52 bits per heavy atom. The highest BCUT2D eigenvalue weighted by molar-refractivity contribution is 5.69. The van der Waals surface area contributed by atoms with Gasteiger partial charge in [0.2, 0.25) is 0 Å². The van der Waals surface area contributed by atoms with Gasteiger partial charge < -0.3 is 9.47 Å². The zero-order valence-corrected chi connectivity index (χ0v) is 19.6. The van der Waals surface area contributed by atoms with Gasteiger partial charge in [0, 0.05) is 12.8 Å². The van der Waals surface area contributed by atoms with Gasteiger partial charge in [-0.05, 0) is 31.6 Å². The number of carbonyl (C=O) groups is 2. The second kappa shape index (κ2) is 21.6. The third-order valence-corrected chi connectivity index (χ3v) is 5.51. The van der Waals surface area contributed by atoms with Crippen molar-refractivity contribution in [2.24, 2.45) is 5.92 Å². The largest absolute Gasteiger partial charge is 0.466 e. The van der Waals surface area contributed by atoms with Crippen molar-refractivity contribution >= 4 is 11.9 Å². The Labute approximate surface area is 180 Å². The van der Waals surface area contributed by atoms with Gasteiger partial charge in [0.1, 0.15) is 0 Å². The molecule has 0 rings (SSSR count). The van der Waals surface area contributed by atoms with E-state index in [0.717, 1.165) is 38.5 Å². The van der Waals surface area contributed by atoms with E-state index in [0.29, 0.717) is 32.0 Å². The van der Waals surface area contributed by atoms with Gasteiger partial charge in [-0.1, -0.05) is 91.4 Å². The van der Waals surface area contributed by atoms with Crippen LogP contribution in [0.25, 0.3) is 0 Å². The molecule has 0 aliphatic rings. The SMILES string of the molecule is CCCOC(=O)CCCCCCCCCCCCC(CC)CCC(=O)OCCC. The van der Waals surface area contributed by atoms with Crippen molar-refractivity contribution in [3.05, 3.63) is 0 Å². The molecule has 0 N–H and O–H groups in total. The predicted molar refractivity (Wildman–Crippen MR) is 121 cm³/mol. The summed E-state index contributed by atoms with van der Waals surface area (Å²) in [6.45, 7) is 7.40. The van der Waals surface area contributed by atoms with Gasteiger partial charge >= 0.3 is 11.9 Å². The lowest BCUT2D eigenvalue weighted by Gasteiger charge is -2.14. The molecule has 4 nitrogen and oxygen atoms in total. The fourth-order valence-electron chi connectivity index (χ4n) is 3.57. The molecule has 1 atom stereocenters. The molecule has 0 bridgehead atoms. The Morgan fingerprint density at radius 1 is 0.586 bits per heavy atom. The van der Waals surface area contributed by atoms with E-state index >= 15 is 0 Å².